The third-order valence-electron chi connectivity index (χ3n) is 2.48. The third-order valence-corrected chi connectivity index (χ3v) is 2.48. The minimum absolute atomic E-state index is 0.318. The molecule has 1 amide bonds. The van der Waals surface area contributed by atoms with E-state index >= 15 is 0 Å². The SMILES string of the molecule is Cc1ccc(OC(N)=O)c(-c2cccc(F)c2)c1. The van der Waals surface area contributed by atoms with Crippen LogP contribution in [0.25, 0.3) is 11.1 Å². The monoisotopic (exact) mass is 245 g/mol. The van der Waals surface area contributed by atoms with Crippen molar-refractivity contribution in [1.29, 1.82) is 0 Å². The van der Waals surface area contributed by atoms with Crippen LogP contribution in [0.5, 0.6) is 5.75 Å². The second-order valence-electron chi connectivity index (χ2n) is 3.93. The zero-order valence-corrected chi connectivity index (χ0v) is 9.81. The van der Waals surface area contributed by atoms with Crippen LogP contribution in [0.3, 0.4) is 0 Å². The second-order valence-corrected chi connectivity index (χ2v) is 3.93. The van der Waals surface area contributed by atoms with Crippen molar-refractivity contribution in [1.82, 2.24) is 0 Å². The number of hydrogen-bond donors (Lipinski definition) is 1. The first-order valence-corrected chi connectivity index (χ1v) is 5.40. The predicted molar refractivity (Wildman–Crippen MR) is 66.8 cm³/mol. The number of nitrogens with two attached hydrogens (primary N) is 1. The smallest absolute Gasteiger partial charge is 0.409 e. The second kappa shape index (κ2) is 4.87. The van der Waals surface area contributed by atoms with Crippen LogP contribution in [0.1, 0.15) is 5.56 Å². The van der Waals surface area contributed by atoms with E-state index in [-0.39, 0.29) is 5.82 Å². The summed E-state index contributed by atoms with van der Waals surface area (Å²) in [5, 5.41) is 0. The molecule has 0 bridgehead atoms. The maximum absolute atomic E-state index is 13.2. The first kappa shape index (κ1) is 12.1. The molecule has 0 atom stereocenters. The Morgan fingerprint density at radius 3 is 2.67 bits per heavy atom. The Balaban J connectivity index is 2.54. The van der Waals surface area contributed by atoms with Crippen molar-refractivity contribution in [2.75, 3.05) is 0 Å². The summed E-state index contributed by atoms with van der Waals surface area (Å²) in [4.78, 5) is 10.8. The summed E-state index contributed by atoms with van der Waals surface area (Å²) in [6.45, 7) is 1.90. The van der Waals surface area contributed by atoms with Crippen molar-refractivity contribution in [2.45, 2.75) is 6.92 Å². The maximum Gasteiger partial charge on any atom is 0.409 e. The van der Waals surface area contributed by atoms with Crippen molar-refractivity contribution in [3.05, 3.63) is 53.8 Å². The highest BCUT2D eigenvalue weighted by atomic mass is 19.1. The average molecular weight is 245 g/mol. The predicted octanol–water partition coefficient (Wildman–Crippen LogP) is 3.26. The third kappa shape index (κ3) is 2.66. The van der Waals surface area contributed by atoms with Crippen molar-refractivity contribution >= 4 is 6.09 Å². The minimum Gasteiger partial charge on any atom is -0.410 e. The van der Waals surface area contributed by atoms with Crippen LogP contribution in [-0.4, -0.2) is 6.09 Å². The molecule has 0 fully saturated rings. The van der Waals surface area contributed by atoms with E-state index in [2.05, 4.69) is 0 Å². The molecule has 0 aliphatic rings. The molecule has 0 aromatic heterocycles. The number of amides is 1. The molecule has 0 saturated carbocycles. The van der Waals surface area contributed by atoms with Gasteiger partial charge in [0.05, 0.1) is 0 Å². The molecule has 4 heteroatoms. The van der Waals surface area contributed by atoms with E-state index < -0.39 is 6.09 Å². The van der Waals surface area contributed by atoms with Crippen LogP contribution < -0.4 is 10.5 Å². The highest BCUT2D eigenvalue weighted by Gasteiger charge is 2.09. The van der Waals surface area contributed by atoms with E-state index in [9.17, 15) is 9.18 Å². The summed E-state index contributed by atoms with van der Waals surface area (Å²) in [7, 11) is 0. The summed E-state index contributed by atoms with van der Waals surface area (Å²) in [5.74, 6) is -0.0299. The lowest BCUT2D eigenvalue weighted by atomic mass is 10.0. The number of rotatable bonds is 2. The zero-order chi connectivity index (χ0) is 13.1. The lowest BCUT2D eigenvalue weighted by Gasteiger charge is -2.10. The number of benzene rings is 2. The normalized spacial score (nSPS) is 10.1. The van der Waals surface area contributed by atoms with E-state index in [4.69, 9.17) is 10.5 Å². The standard InChI is InChI=1S/C14H12FNO2/c1-9-5-6-13(18-14(16)17)12(7-9)10-3-2-4-11(15)8-10/h2-8H,1H3,(H2,16,17). The van der Waals surface area contributed by atoms with Crippen LogP contribution in [-0.2, 0) is 0 Å². The van der Waals surface area contributed by atoms with Crippen LogP contribution in [0, 0.1) is 12.7 Å². The molecule has 2 aromatic rings. The van der Waals surface area contributed by atoms with E-state index in [0.717, 1.165) is 5.56 Å². The molecule has 3 nitrogen and oxygen atoms in total. The van der Waals surface area contributed by atoms with Gasteiger partial charge in [-0.3, -0.25) is 0 Å². The molecule has 0 saturated heterocycles. The molecule has 18 heavy (non-hydrogen) atoms. The van der Waals surface area contributed by atoms with Gasteiger partial charge in [-0.05, 0) is 36.8 Å². The van der Waals surface area contributed by atoms with Gasteiger partial charge in [-0.15, -0.1) is 0 Å². The first-order valence-electron chi connectivity index (χ1n) is 5.40. The van der Waals surface area contributed by atoms with Gasteiger partial charge in [-0.2, -0.15) is 0 Å². The van der Waals surface area contributed by atoms with Gasteiger partial charge >= 0.3 is 6.09 Å². The number of aryl methyl sites for hydroxylation is 1. The van der Waals surface area contributed by atoms with Crippen LogP contribution >= 0.6 is 0 Å². The molecule has 0 heterocycles. The number of halogens is 1. The Morgan fingerprint density at radius 1 is 1.22 bits per heavy atom. The number of primary amides is 1. The Kier molecular flexibility index (Phi) is 3.28. The van der Waals surface area contributed by atoms with Crippen molar-refractivity contribution in [3.8, 4) is 16.9 Å². The van der Waals surface area contributed by atoms with Crippen molar-refractivity contribution in [2.24, 2.45) is 5.73 Å². The van der Waals surface area contributed by atoms with Gasteiger partial charge in [0.25, 0.3) is 0 Å². The molecule has 2 aromatic carbocycles. The maximum atomic E-state index is 13.2. The highest BCUT2D eigenvalue weighted by Crippen LogP contribution is 2.31. The molecular weight excluding hydrogens is 233 g/mol. The number of carbonyl (C=O) groups is 1. The Morgan fingerprint density at radius 2 is 2.00 bits per heavy atom. The van der Waals surface area contributed by atoms with E-state index in [0.29, 0.717) is 16.9 Å². The number of ether oxygens (including phenoxy) is 1. The summed E-state index contributed by atoms with van der Waals surface area (Å²) in [5.41, 5.74) is 7.25. The number of carbonyl (C=O) groups excluding carboxylic acids is 1. The topological polar surface area (TPSA) is 52.3 Å². The van der Waals surface area contributed by atoms with E-state index in [1.165, 1.54) is 12.1 Å². The Hall–Kier alpha value is -2.36. The lowest BCUT2D eigenvalue weighted by Crippen LogP contribution is -2.16. The minimum atomic E-state index is -0.892. The zero-order valence-electron chi connectivity index (χ0n) is 9.81. The quantitative estimate of drug-likeness (QED) is 0.882. The Bertz CT molecular complexity index is 596. The fraction of sp³-hybridized carbons (Fsp3) is 0.0714. The van der Waals surface area contributed by atoms with Gasteiger partial charge in [0.15, 0.2) is 0 Å². The summed E-state index contributed by atoms with van der Waals surface area (Å²) >= 11 is 0. The molecule has 0 unspecified atom stereocenters. The van der Waals surface area contributed by atoms with Gasteiger partial charge < -0.3 is 10.5 Å². The van der Waals surface area contributed by atoms with Crippen LogP contribution in [0.15, 0.2) is 42.5 Å². The van der Waals surface area contributed by atoms with E-state index in [1.54, 1.807) is 24.3 Å². The molecule has 0 radical (unpaired) electrons. The van der Waals surface area contributed by atoms with Crippen molar-refractivity contribution < 1.29 is 13.9 Å². The largest absolute Gasteiger partial charge is 0.410 e. The van der Waals surface area contributed by atoms with E-state index in [1.807, 2.05) is 13.0 Å². The molecule has 2 N–H and O–H groups in total. The molecule has 0 aliphatic heterocycles. The van der Waals surface area contributed by atoms with Crippen LogP contribution in [0.2, 0.25) is 0 Å². The molecule has 0 spiro atoms. The molecule has 0 aliphatic carbocycles. The van der Waals surface area contributed by atoms with Gasteiger partial charge in [-0.1, -0.05) is 23.8 Å². The Labute approximate surface area is 104 Å². The first-order chi connectivity index (χ1) is 8.56. The molecule has 2 rings (SSSR count). The fourth-order valence-corrected chi connectivity index (χ4v) is 1.72. The fourth-order valence-electron chi connectivity index (χ4n) is 1.72. The molecule has 92 valence electrons. The van der Waals surface area contributed by atoms with Crippen LogP contribution in [0.4, 0.5) is 9.18 Å². The van der Waals surface area contributed by atoms with Gasteiger partial charge in [0.2, 0.25) is 0 Å². The summed E-state index contributed by atoms with van der Waals surface area (Å²) in [6, 6.07) is 11.3. The van der Waals surface area contributed by atoms with Gasteiger partial charge in [0.1, 0.15) is 11.6 Å². The summed E-state index contributed by atoms with van der Waals surface area (Å²) in [6.07, 6.45) is -0.892. The lowest BCUT2D eigenvalue weighted by molar-refractivity contribution is 0.211. The van der Waals surface area contributed by atoms with Gasteiger partial charge in [0, 0.05) is 5.56 Å². The highest BCUT2D eigenvalue weighted by molar-refractivity contribution is 5.76. The van der Waals surface area contributed by atoms with Gasteiger partial charge in [-0.25, -0.2) is 9.18 Å². The summed E-state index contributed by atoms with van der Waals surface area (Å²) < 4.78 is 18.1. The number of hydrogen-bond acceptors (Lipinski definition) is 2. The average Bonchev–Trinajstić information content (AvgIpc) is 2.31. The van der Waals surface area contributed by atoms with Crippen molar-refractivity contribution in [3.63, 3.8) is 0 Å². The molecular formula is C14H12FNO2.